The third-order valence-corrected chi connectivity index (χ3v) is 4.69. The summed E-state index contributed by atoms with van der Waals surface area (Å²) in [5.41, 5.74) is -0.404. The van der Waals surface area contributed by atoms with Crippen LogP contribution in [0.2, 0.25) is 5.15 Å². The van der Waals surface area contributed by atoms with Gasteiger partial charge in [-0.1, -0.05) is 11.6 Å². The van der Waals surface area contributed by atoms with E-state index in [4.69, 9.17) is 11.6 Å². The zero-order chi connectivity index (χ0) is 14.9. The van der Waals surface area contributed by atoms with Gasteiger partial charge in [0.1, 0.15) is 21.7 Å². The van der Waals surface area contributed by atoms with Crippen LogP contribution in [0.15, 0.2) is 39.8 Å². The lowest BCUT2D eigenvalue weighted by Gasteiger charge is -2.10. The van der Waals surface area contributed by atoms with E-state index in [1.54, 1.807) is 0 Å². The molecule has 0 aliphatic carbocycles. The van der Waals surface area contributed by atoms with Crippen LogP contribution in [-0.4, -0.2) is 13.4 Å². The molecular formula is C11H6BrClF2N2O2S. The standard InChI is InChI=1S/C11H6BrClF2N2O2S/c12-6-4-9(8(15)5-7(6)14)17-20(18,19)10-2-1-3-16-11(10)13/h1-5,17H. The molecule has 0 aliphatic rings. The maximum absolute atomic E-state index is 13.5. The Bertz CT molecular complexity index is 771. The van der Waals surface area contributed by atoms with Crippen molar-refractivity contribution in [3.05, 3.63) is 51.7 Å². The van der Waals surface area contributed by atoms with E-state index in [0.717, 1.165) is 6.07 Å². The molecule has 0 unspecified atom stereocenters. The fourth-order valence-corrected chi connectivity index (χ4v) is 3.23. The van der Waals surface area contributed by atoms with E-state index < -0.39 is 27.3 Å². The molecule has 1 N–H and O–H groups in total. The first kappa shape index (κ1) is 15.1. The number of benzene rings is 1. The summed E-state index contributed by atoms with van der Waals surface area (Å²) < 4.78 is 52.7. The van der Waals surface area contributed by atoms with Gasteiger partial charge in [0, 0.05) is 12.3 Å². The highest BCUT2D eigenvalue weighted by Crippen LogP contribution is 2.27. The van der Waals surface area contributed by atoms with Crippen LogP contribution in [0.1, 0.15) is 0 Å². The van der Waals surface area contributed by atoms with Crippen molar-refractivity contribution < 1.29 is 17.2 Å². The molecule has 0 saturated heterocycles. The van der Waals surface area contributed by atoms with Gasteiger partial charge in [0.05, 0.1) is 10.2 Å². The first-order chi connectivity index (χ1) is 9.31. The monoisotopic (exact) mass is 382 g/mol. The fraction of sp³-hybridized carbons (Fsp3) is 0. The lowest BCUT2D eigenvalue weighted by Crippen LogP contribution is -2.15. The van der Waals surface area contributed by atoms with Crippen LogP contribution in [0.5, 0.6) is 0 Å². The van der Waals surface area contributed by atoms with E-state index in [9.17, 15) is 17.2 Å². The summed E-state index contributed by atoms with van der Waals surface area (Å²) in [6.07, 6.45) is 1.32. The molecule has 20 heavy (non-hydrogen) atoms. The van der Waals surface area contributed by atoms with Crippen molar-refractivity contribution in [3.8, 4) is 0 Å². The average Bonchev–Trinajstić information content (AvgIpc) is 2.36. The number of nitrogens with one attached hydrogen (secondary N) is 1. The Kier molecular flexibility index (Phi) is 4.26. The van der Waals surface area contributed by atoms with Gasteiger partial charge in [-0.3, -0.25) is 4.72 Å². The molecule has 0 fully saturated rings. The zero-order valence-electron chi connectivity index (χ0n) is 9.57. The summed E-state index contributed by atoms with van der Waals surface area (Å²) in [7, 11) is -4.12. The SMILES string of the molecule is O=S(=O)(Nc1cc(Br)c(F)cc1F)c1cccnc1Cl. The van der Waals surface area contributed by atoms with Crippen LogP contribution in [0.3, 0.4) is 0 Å². The average molecular weight is 384 g/mol. The van der Waals surface area contributed by atoms with Crippen molar-refractivity contribution in [1.82, 2.24) is 4.98 Å². The highest BCUT2D eigenvalue weighted by Gasteiger charge is 2.21. The smallest absolute Gasteiger partial charge is 0.265 e. The van der Waals surface area contributed by atoms with Crippen molar-refractivity contribution >= 4 is 43.2 Å². The highest BCUT2D eigenvalue weighted by atomic mass is 79.9. The highest BCUT2D eigenvalue weighted by molar-refractivity contribution is 9.10. The lowest BCUT2D eigenvalue weighted by molar-refractivity contribution is 0.579. The van der Waals surface area contributed by atoms with Crippen molar-refractivity contribution in [2.24, 2.45) is 0 Å². The Hall–Kier alpha value is -1.25. The van der Waals surface area contributed by atoms with Crippen LogP contribution in [-0.2, 0) is 10.0 Å². The Morgan fingerprint density at radius 2 is 1.95 bits per heavy atom. The zero-order valence-corrected chi connectivity index (χ0v) is 12.7. The largest absolute Gasteiger partial charge is 0.277 e. The summed E-state index contributed by atoms with van der Waals surface area (Å²) in [5, 5.41) is -0.249. The van der Waals surface area contributed by atoms with Crippen LogP contribution in [0, 0.1) is 11.6 Å². The van der Waals surface area contributed by atoms with Gasteiger partial charge in [0.2, 0.25) is 0 Å². The summed E-state index contributed by atoms with van der Waals surface area (Å²) >= 11 is 8.52. The quantitative estimate of drug-likeness (QED) is 0.651. The minimum Gasteiger partial charge on any atom is -0.277 e. The number of nitrogens with zero attached hydrogens (tertiary/aromatic N) is 1. The van der Waals surface area contributed by atoms with Crippen molar-refractivity contribution in [1.29, 1.82) is 0 Å². The van der Waals surface area contributed by atoms with Gasteiger partial charge < -0.3 is 0 Å². The number of anilines is 1. The second kappa shape index (κ2) is 5.63. The number of aromatic nitrogens is 1. The minimum absolute atomic E-state index is 0.0751. The Morgan fingerprint density at radius 3 is 2.60 bits per heavy atom. The van der Waals surface area contributed by atoms with Gasteiger partial charge in [-0.25, -0.2) is 22.2 Å². The summed E-state index contributed by atoms with van der Waals surface area (Å²) in [5.74, 6) is -1.89. The molecule has 106 valence electrons. The predicted octanol–water partition coefficient (Wildman–Crippen LogP) is 3.58. The van der Waals surface area contributed by atoms with Gasteiger partial charge in [-0.2, -0.15) is 0 Å². The van der Waals surface area contributed by atoms with Gasteiger partial charge in [-0.15, -0.1) is 0 Å². The number of hydrogen-bond acceptors (Lipinski definition) is 3. The van der Waals surface area contributed by atoms with Gasteiger partial charge >= 0.3 is 0 Å². The summed E-state index contributed by atoms with van der Waals surface area (Å²) in [4.78, 5) is 3.32. The van der Waals surface area contributed by atoms with E-state index in [1.807, 2.05) is 4.72 Å². The number of pyridine rings is 1. The van der Waals surface area contributed by atoms with E-state index in [-0.39, 0.29) is 14.5 Å². The normalized spacial score (nSPS) is 11.4. The molecule has 0 spiro atoms. The van der Waals surface area contributed by atoms with E-state index in [2.05, 4.69) is 20.9 Å². The maximum Gasteiger partial charge on any atom is 0.265 e. The van der Waals surface area contributed by atoms with Crippen LogP contribution in [0.4, 0.5) is 14.5 Å². The molecule has 1 heterocycles. The van der Waals surface area contributed by atoms with Crippen LogP contribution in [0.25, 0.3) is 0 Å². The fourth-order valence-electron chi connectivity index (χ4n) is 1.37. The number of sulfonamides is 1. The topological polar surface area (TPSA) is 59.1 Å². The van der Waals surface area contributed by atoms with E-state index in [0.29, 0.717) is 6.07 Å². The molecular weight excluding hydrogens is 378 g/mol. The van der Waals surface area contributed by atoms with E-state index in [1.165, 1.54) is 18.3 Å². The molecule has 9 heteroatoms. The molecule has 2 rings (SSSR count). The van der Waals surface area contributed by atoms with Crippen LogP contribution >= 0.6 is 27.5 Å². The van der Waals surface area contributed by atoms with Crippen LogP contribution < -0.4 is 4.72 Å². The first-order valence-electron chi connectivity index (χ1n) is 5.09. The van der Waals surface area contributed by atoms with Crippen molar-refractivity contribution in [2.45, 2.75) is 4.90 Å². The number of rotatable bonds is 3. The molecule has 0 saturated carbocycles. The van der Waals surface area contributed by atoms with Gasteiger partial charge in [0.25, 0.3) is 10.0 Å². The lowest BCUT2D eigenvalue weighted by atomic mass is 10.3. The predicted molar refractivity (Wildman–Crippen MR) is 74.1 cm³/mol. The summed E-state index contributed by atoms with van der Waals surface area (Å²) in [6.45, 7) is 0. The molecule has 0 amide bonds. The van der Waals surface area contributed by atoms with E-state index >= 15 is 0 Å². The van der Waals surface area contributed by atoms with Crippen molar-refractivity contribution in [2.75, 3.05) is 4.72 Å². The molecule has 1 aromatic heterocycles. The second-order valence-electron chi connectivity index (χ2n) is 3.64. The molecule has 0 radical (unpaired) electrons. The summed E-state index contributed by atoms with van der Waals surface area (Å²) in [6, 6.07) is 4.13. The van der Waals surface area contributed by atoms with Gasteiger partial charge in [0.15, 0.2) is 0 Å². The third-order valence-electron chi connectivity index (χ3n) is 2.27. The van der Waals surface area contributed by atoms with Crippen molar-refractivity contribution in [3.63, 3.8) is 0 Å². The third kappa shape index (κ3) is 3.08. The number of hydrogen-bond donors (Lipinski definition) is 1. The second-order valence-corrected chi connectivity index (χ2v) is 6.51. The Balaban J connectivity index is 2.44. The molecule has 2 aromatic rings. The Morgan fingerprint density at radius 1 is 1.25 bits per heavy atom. The Labute approximate surface area is 127 Å². The molecule has 1 aromatic carbocycles. The molecule has 4 nitrogen and oxygen atoms in total. The number of halogens is 4. The maximum atomic E-state index is 13.5. The van der Waals surface area contributed by atoms with Gasteiger partial charge in [-0.05, 0) is 34.1 Å². The molecule has 0 atom stereocenters. The minimum atomic E-state index is -4.12. The molecule has 0 aliphatic heterocycles. The first-order valence-corrected chi connectivity index (χ1v) is 7.74. The molecule has 0 bridgehead atoms.